The predicted molar refractivity (Wildman–Crippen MR) is 126 cm³/mol. The molecule has 0 saturated carbocycles. The van der Waals surface area contributed by atoms with Crippen molar-refractivity contribution in [2.24, 2.45) is 0 Å². The molecular formula is C26H32FNO5. The van der Waals surface area contributed by atoms with E-state index in [4.69, 9.17) is 14.3 Å². The fourth-order valence-corrected chi connectivity index (χ4v) is 2.74. The van der Waals surface area contributed by atoms with Gasteiger partial charge < -0.3 is 9.47 Å². The number of rotatable bonds is 4. The lowest BCUT2D eigenvalue weighted by molar-refractivity contribution is -0.145. The number of halogens is 1. The molecule has 7 heteroatoms. The van der Waals surface area contributed by atoms with Gasteiger partial charge in [0.25, 0.3) is 0 Å². The number of carbonyl (C=O) groups is 2. The van der Waals surface area contributed by atoms with Crippen molar-refractivity contribution in [1.29, 1.82) is 0 Å². The zero-order valence-electron chi connectivity index (χ0n) is 20.2. The van der Waals surface area contributed by atoms with E-state index in [0.29, 0.717) is 0 Å². The van der Waals surface area contributed by atoms with Crippen molar-refractivity contribution in [3.8, 4) is 11.1 Å². The number of hydroxylamine groups is 2. The molecule has 6 nitrogen and oxygen atoms in total. The van der Waals surface area contributed by atoms with E-state index in [-0.39, 0.29) is 5.82 Å². The third kappa shape index (κ3) is 8.96. The Labute approximate surface area is 194 Å². The number of benzene rings is 2. The maximum absolute atomic E-state index is 13.2. The van der Waals surface area contributed by atoms with Crippen LogP contribution >= 0.6 is 0 Å². The van der Waals surface area contributed by atoms with Gasteiger partial charge in [-0.2, -0.15) is 0 Å². The van der Waals surface area contributed by atoms with Crippen LogP contribution in [0, 0.1) is 5.82 Å². The molecule has 0 fully saturated rings. The van der Waals surface area contributed by atoms with Crippen LogP contribution in [0.25, 0.3) is 17.2 Å². The van der Waals surface area contributed by atoms with Crippen LogP contribution in [0.4, 0.5) is 14.0 Å². The third-order valence-electron chi connectivity index (χ3n) is 4.14. The van der Waals surface area contributed by atoms with Crippen molar-refractivity contribution in [1.82, 2.24) is 5.06 Å². The summed E-state index contributed by atoms with van der Waals surface area (Å²) in [6.07, 6.45) is 1.68. The monoisotopic (exact) mass is 457 g/mol. The standard InChI is InChI=1S/C26H32FNO5/c1-18(28(23(29)31-25(2,3)4)33-24(30)32-26(5,6)7)11-12-19-9-8-10-21(17-19)20-13-15-22(27)16-14-20/h8-18H,1-7H3/t18-/m0/s1. The van der Waals surface area contributed by atoms with Crippen LogP contribution in [-0.4, -0.2) is 34.6 Å². The Bertz CT molecular complexity index is 987. The molecule has 2 aromatic rings. The van der Waals surface area contributed by atoms with Gasteiger partial charge in [-0.25, -0.2) is 14.0 Å². The lowest BCUT2D eigenvalue weighted by Crippen LogP contribution is -2.43. The molecule has 1 atom stereocenters. The van der Waals surface area contributed by atoms with E-state index in [2.05, 4.69) is 0 Å². The molecule has 0 N–H and O–H groups in total. The van der Waals surface area contributed by atoms with Crippen LogP contribution in [0.5, 0.6) is 0 Å². The molecule has 0 heterocycles. The van der Waals surface area contributed by atoms with Crippen molar-refractivity contribution in [2.45, 2.75) is 65.7 Å². The molecule has 0 aliphatic heterocycles. The molecule has 2 aromatic carbocycles. The molecule has 0 saturated heterocycles. The summed E-state index contributed by atoms with van der Waals surface area (Å²) in [5.74, 6) is -0.296. The van der Waals surface area contributed by atoms with Gasteiger partial charge in [-0.15, -0.1) is 5.06 Å². The first kappa shape index (κ1) is 25.9. The highest BCUT2D eigenvalue weighted by molar-refractivity contribution is 5.71. The fourth-order valence-electron chi connectivity index (χ4n) is 2.74. The molecule has 2 rings (SSSR count). The largest absolute Gasteiger partial charge is 0.534 e. The average Bonchev–Trinajstić information content (AvgIpc) is 2.68. The molecule has 0 aliphatic carbocycles. The van der Waals surface area contributed by atoms with Gasteiger partial charge in [0.05, 0.1) is 6.04 Å². The highest BCUT2D eigenvalue weighted by Gasteiger charge is 2.30. The van der Waals surface area contributed by atoms with Crippen molar-refractivity contribution in [3.05, 3.63) is 66.0 Å². The molecular weight excluding hydrogens is 425 g/mol. The predicted octanol–water partition coefficient (Wildman–Crippen LogP) is 7.00. The van der Waals surface area contributed by atoms with Gasteiger partial charge >= 0.3 is 12.2 Å². The van der Waals surface area contributed by atoms with Gasteiger partial charge in [-0.3, -0.25) is 4.84 Å². The van der Waals surface area contributed by atoms with E-state index in [9.17, 15) is 14.0 Å². The fraction of sp³-hybridized carbons (Fsp3) is 0.385. The van der Waals surface area contributed by atoms with Gasteiger partial charge in [-0.05, 0) is 83.4 Å². The van der Waals surface area contributed by atoms with Crippen molar-refractivity contribution in [2.75, 3.05) is 0 Å². The minimum atomic E-state index is -1.01. The van der Waals surface area contributed by atoms with Gasteiger partial charge in [0.1, 0.15) is 17.0 Å². The molecule has 0 aliphatic rings. The van der Waals surface area contributed by atoms with Gasteiger partial charge in [0.15, 0.2) is 0 Å². The molecule has 1 amide bonds. The second-order valence-electron chi connectivity index (χ2n) is 9.59. The van der Waals surface area contributed by atoms with Crippen LogP contribution in [0.15, 0.2) is 54.6 Å². The molecule has 0 unspecified atom stereocenters. The minimum absolute atomic E-state index is 0.296. The zero-order chi connectivity index (χ0) is 24.8. The van der Waals surface area contributed by atoms with Gasteiger partial charge in [0, 0.05) is 0 Å². The molecule has 33 heavy (non-hydrogen) atoms. The van der Waals surface area contributed by atoms with Crippen LogP contribution in [0.2, 0.25) is 0 Å². The van der Waals surface area contributed by atoms with Gasteiger partial charge in [0.2, 0.25) is 0 Å². The van der Waals surface area contributed by atoms with Crippen LogP contribution < -0.4 is 0 Å². The Hall–Kier alpha value is -3.35. The van der Waals surface area contributed by atoms with E-state index in [1.54, 1.807) is 72.8 Å². The van der Waals surface area contributed by atoms with Gasteiger partial charge in [-0.1, -0.05) is 42.5 Å². The second kappa shape index (κ2) is 10.5. The highest BCUT2D eigenvalue weighted by atomic mass is 19.1. The summed E-state index contributed by atoms with van der Waals surface area (Å²) in [6, 6.07) is 13.2. The van der Waals surface area contributed by atoms with Crippen LogP contribution in [0.1, 0.15) is 54.0 Å². The Morgan fingerprint density at radius 2 is 1.52 bits per heavy atom. The number of ether oxygens (including phenoxy) is 2. The quantitative estimate of drug-likeness (QED) is 0.365. The number of nitrogens with zero attached hydrogens (tertiary/aromatic N) is 1. The molecule has 0 spiro atoms. The Morgan fingerprint density at radius 1 is 0.909 bits per heavy atom. The number of carbonyl (C=O) groups excluding carboxylic acids is 2. The molecule has 0 bridgehead atoms. The zero-order valence-corrected chi connectivity index (χ0v) is 20.2. The Morgan fingerprint density at radius 3 is 2.09 bits per heavy atom. The van der Waals surface area contributed by atoms with E-state index >= 15 is 0 Å². The number of hydrogen-bond donors (Lipinski definition) is 0. The van der Waals surface area contributed by atoms with Crippen molar-refractivity contribution >= 4 is 18.3 Å². The first-order chi connectivity index (χ1) is 15.2. The van der Waals surface area contributed by atoms with Crippen LogP contribution in [0.3, 0.4) is 0 Å². The summed E-state index contributed by atoms with van der Waals surface area (Å²) < 4.78 is 23.8. The first-order valence-electron chi connectivity index (χ1n) is 10.7. The molecule has 0 radical (unpaired) electrons. The summed E-state index contributed by atoms with van der Waals surface area (Å²) in [5, 5.41) is 0.847. The van der Waals surface area contributed by atoms with Crippen LogP contribution in [-0.2, 0) is 14.3 Å². The smallest absolute Gasteiger partial charge is 0.442 e. The lowest BCUT2D eigenvalue weighted by Gasteiger charge is -2.29. The summed E-state index contributed by atoms with van der Waals surface area (Å²) in [7, 11) is 0. The lowest BCUT2D eigenvalue weighted by atomic mass is 10.0. The average molecular weight is 458 g/mol. The number of amides is 1. The topological polar surface area (TPSA) is 65.1 Å². The SMILES string of the molecule is C[C@@H](C=Cc1cccc(-c2ccc(F)cc2)c1)N(OC(=O)OC(C)(C)C)C(=O)OC(C)(C)C. The summed E-state index contributed by atoms with van der Waals surface area (Å²) in [6.45, 7) is 11.9. The minimum Gasteiger partial charge on any atom is -0.442 e. The molecule has 178 valence electrons. The maximum Gasteiger partial charge on any atom is 0.534 e. The second-order valence-corrected chi connectivity index (χ2v) is 9.59. The molecule has 0 aromatic heterocycles. The van der Waals surface area contributed by atoms with Crippen molar-refractivity contribution in [3.63, 3.8) is 0 Å². The van der Waals surface area contributed by atoms with E-state index < -0.39 is 29.5 Å². The first-order valence-corrected chi connectivity index (χ1v) is 10.7. The maximum atomic E-state index is 13.2. The van der Waals surface area contributed by atoms with E-state index in [0.717, 1.165) is 21.8 Å². The Balaban J connectivity index is 2.22. The van der Waals surface area contributed by atoms with E-state index in [1.165, 1.54) is 12.1 Å². The number of hydrogen-bond acceptors (Lipinski definition) is 5. The Kier molecular flexibility index (Phi) is 8.25. The normalized spacial score (nSPS) is 12.8. The van der Waals surface area contributed by atoms with E-state index in [1.807, 2.05) is 24.3 Å². The summed E-state index contributed by atoms with van der Waals surface area (Å²) in [4.78, 5) is 30.1. The highest BCUT2D eigenvalue weighted by Crippen LogP contribution is 2.22. The summed E-state index contributed by atoms with van der Waals surface area (Å²) in [5.41, 5.74) is 1.09. The summed E-state index contributed by atoms with van der Waals surface area (Å²) >= 11 is 0. The third-order valence-corrected chi connectivity index (χ3v) is 4.14. The van der Waals surface area contributed by atoms with Crippen molar-refractivity contribution < 1.29 is 28.3 Å².